The van der Waals surface area contributed by atoms with Crippen molar-refractivity contribution >= 4 is 41.4 Å². The third-order valence-electron chi connectivity index (χ3n) is 4.56. The van der Waals surface area contributed by atoms with Crippen molar-refractivity contribution in [2.75, 3.05) is 24.5 Å². The van der Waals surface area contributed by atoms with Crippen molar-refractivity contribution in [3.05, 3.63) is 28.8 Å². The van der Waals surface area contributed by atoms with Crippen LogP contribution in [0.5, 0.6) is 0 Å². The molecule has 1 aromatic carbocycles. The minimum Gasteiger partial charge on any atom is -0.339 e. The molecule has 2 aliphatic heterocycles. The number of nitrogens with one attached hydrogen (secondary N) is 1. The number of nitrogens with zero attached hydrogens (tertiary/aromatic N) is 2. The van der Waals surface area contributed by atoms with Gasteiger partial charge in [0.1, 0.15) is 6.29 Å². The Labute approximate surface area is 149 Å². The Hall–Kier alpha value is -2.41. The first-order valence-corrected chi connectivity index (χ1v) is 8.53. The lowest BCUT2D eigenvalue weighted by Gasteiger charge is -2.31. The molecule has 2 aliphatic rings. The number of halogens is 1. The van der Waals surface area contributed by atoms with Gasteiger partial charge in [0.2, 0.25) is 5.91 Å². The average molecular weight is 364 g/mol. The number of amides is 4. The minimum absolute atomic E-state index is 0.0133. The van der Waals surface area contributed by atoms with E-state index in [-0.39, 0.29) is 30.7 Å². The predicted molar refractivity (Wildman–Crippen MR) is 91.6 cm³/mol. The van der Waals surface area contributed by atoms with Crippen LogP contribution >= 0.6 is 11.6 Å². The third-order valence-corrected chi connectivity index (χ3v) is 4.88. The molecule has 1 aromatic rings. The lowest BCUT2D eigenvalue weighted by atomic mass is 9.98. The van der Waals surface area contributed by atoms with Gasteiger partial charge in [-0.25, -0.2) is 4.79 Å². The van der Waals surface area contributed by atoms with Crippen LogP contribution in [0.4, 0.5) is 10.5 Å². The highest BCUT2D eigenvalue weighted by atomic mass is 35.5. The molecule has 0 radical (unpaired) electrons. The lowest BCUT2D eigenvalue weighted by Crippen LogP contribution is -2.49. The molecule has 0 unspecified atom stereocenters. The van der Waals surface area contributed by atoms with Crippen molar-refractivity contribution in [2.45, 2.75) is 19.3 Å². The molecule has 3 rings (SSSR count). The monoisotopic (exact) mass is 363 g/mol. The summed E-state index contributed by atoms with van der Waals surface area (Å²) in [5, 5.41) is 2.57. The van der Waals surface area contributed by atoms with Crippen LogP contribution < -0.4 is 10.2 Å². The normalized spacial score (nSPS) is 18.9. The molecule has 0 aliphatic carbocycles. The average Bonchev–Trinajstić information content (AvgIpc) is 2.62. The van der Waals surface area contributed by atoms with Gasteiger partial charge in [-0.05, 0) is 31.0 Å². The Balaban J connectivity index is 1.79. The van der Waals surface area contributed by atoms with E-state index >= 15 is 0 Å². The highest BCUT2D eigenvalue weighted by Crippen LogP contribution is 2.29. The maximum absolute atomic E-state index is 12.7. The second kappa shape index (κ2) is 7.23. The summed E-state index contributed by atoms with van der Waals surface area (Å²) in [5.74, 6) is -0.474. The molecular weight excluding hydrogens is 346 g/mol. The van der Waals surface area contributed by atoms with Crippen molar-refractivity contribution in [1.82, 2.24) is 10.2 Å². The van der Waals surface area contributed by atoms with Crippen LogP contribution in [0.25, 0.3) is 0 Å². The van der Waals surface area contributed by atoms with E-state index in [9.17, 15) is 19.2 Å². The van der Waals surface area contributed by atoms with Gasteiger partial charge in [-0.1, -0.05) is 11.6 Å². The molecule has 0 spiro atoms. The predicted octanol–water partition coefficient (Wildman–Crippen LogP) is 1.84. The molecule has 8 heteroatoms. The third kappa shape index (κ3) is 3.66. The van der Waals surface area contributed by atoms with E-state index in [0.29, 0.717) is 42.2 Å². The van der Waals surface area contributed by atoms with Crippen LogP contribution in [-0.2, 0) is 9.59 Å². The van der Waals surface area contributed by atoms with E-state index in [1.54, 1.807) is 23.1 Å². The molecule has 4 amide bonds. The summed E-state index contributed by atoms with van der Waals surface area (Å²) in [5.41, 5.74) is 0.828. The number of urea groups is 1. The number of hydrogen-bond donors (Lipinski definition) is 1. The molecule has 2 fully saturated rings. The van der Waals surface area contributed by atoms with Gasteiger partial charge < -0.3 is 9.69 Å². The van der Waals surface area contributed by atoms with Crippen molar-refractivity contribution in [3.63, 3.8) is 0 Å². The SMILES string of the molecule is O=CC1CCN(C(=O)c2ccc(Cl)c(N3CCC(=O)NC3=O)c2)CC1. The fourth-order valence-corrected chi connectivity index (χ4v) is 3.29. The van der Waals surface area contributed by atoms with E-state index in [1.165, 1.54) is 4.90 Å². The van der Waals surface area contributed by atoms with Crippen LogP contribution in [0.15, 0.2) is 18.2 Å². The Morgan fingerprint density at radius 1 is 1.20 bits per heavy atom. The number of hydrogen-bond acceptors (Lipinski definition) is 4. The van der Waals surface area contributed by atoms with Crippen LogP contribution in [0.1, 0.15) is 29.6 Å². The second-order valence-corrected chi connectivity index (χ2v) is 6.59. The van der Waals surface area contributed by atoms with E-state index in [2.05, 4.69) is 5.32 Å². The van der Waals surface area contributed by atoms with Crippen molar-refractivity contribution in [1.29, 1.82) is 0 Å². The molecule has 25 heavy (non-hydrogen) atoms. The number of piperidine rings is 1. The Bertz CT molecular complexity index is 729. The standard InChI is InChI=1S/C17H18ClN3O4/c18-13-2-1-12(16(24)20-6-3-11(10-22)4-7-20)9-14(13)21-8-5-15(23)19-17(21)25/h1-2,9-11H,3-8H2,(H,19,23,25). The van der Waals surface area contributed by atoms with Gasteiger partial charge in [0, 0.05) is 37.5 Å². The van der Waals surface area contributed by atoms with E-state index in [1.807, 2.05) is 0 Å². The summed E-state index contributed by atoms with van der Waals surface area (Å²) in [7, 11) is 0. The summed E-state index contributed by atoms with van der Waals surface area (Å²) in [6.07, 6.45) is 2.44. The minimum atomic E-state index is -0.547. The zero-order valence-electron chi connectivity index (χ0n) is 13.5. The molecule has 132 valence electrons. The second-order valence-electron chi connectivity index (χ2n) is 6.19. The largest absolute Gasteiger partial charge is 0.339 e. The van der Waals surface area contributed by atoms with Gasteiger partial charge in [0.25, 0.3) is 5.91 Å². The molecule has 0 bridgehead atoms. The van der Waals surface area contributed by atoms with E-state index < -0.39 is 6.03 Å². The zero-order chi connectivity index (χ0) is 18.0. The summed E-state index contributed by atoms with van der Waals surface area (Å²) in [6, 6.07) is 4.22. The van der Waals surface area contributed by atoms with E-state index in [0.717, 1.165) is 6.29 Å². The zero-order valence-corrected chi connectivity index (χ0v) is 14.3. The molecular formula is C17H18ClN3O4. The Kier molecular flexibility index (Phi) is 5.03. The number of carbonyl (C=O) groups excluding carboxylic acids is 4. The van der Waals surface area contributed by atoms with Gasteiger partial charge in [0.15, 0.2) is 0 Å². The van der Waals surface area contributed by atoms with Gasteiger partial charge in [-0.3, -0.25) is 19.8 Å². The lowest BCUT2D eigenvalue weighted by molar-refractivity contribution is -0.120. The van der Waals surface area contributed by atoms with Crippen molar-refractivity contribution in [3.8, 4) is 0 Å². The maximum atomic E-state index is 12.7. The number of imide groups is 1. The molecule has 0 atom stereocenters. The summed E-state index contributed by atoms with van der Waals surface area (Å²) in [6.45, 7) is 1.27. The van der Waals surface area contributed by atoms with Gasteiger partial charge in [-0.2, -0.15) is 0 Å². The molecule has 2 heterocycles. The smallest absolute Gasteiger partial charge is 0.328 e. The van der Waals surface area contributed by atoms with Crippen molar-refractivity contribution < 1.29 is 19.2 Å². The Morgan fingerprint density at radius 3 is 2.56 bits per heavy atom. The number of carbonyl (C=O) groups is 4. The van der Waals surface area contributed by atoms with Crippen molar-refractivity contribution in [2.24, 2.45) is 5.92 Å². The highest BCUT2D eigenvalue weighted by molar-refractivity contribution is 6.34. The fourth-order valence-electron chi connectivity index (χ4n) is 3.07. The van der Waals surface area contributed by atoms with Crippen LogP contribution in [-0.4, -0.2) is 48.7 Å². The molecule has 7 nitrogen and oxygen atoms in total. The summed E-state index contributed by atoms with van der Waals surface area (Å²) < 4.78 is 0. The van der Waals surface area contributed by atoms with Crippen LogP contribution in [0.2, 0.25) is 5.02 Å². The number of rotatable bonds is 3. The molecule has 2 saturated heterocycles. The first-order valence-electron chi connectivity index (χ1n) is 8.15. The first-order chi connectivity index (χ1) is 12.0. The Morgan fingerprint density at radius 2 is 1.92 bits per heavy atom. The van der Waals surface area contributed by atoms with Crippen LogP contribution in [0.3, 0.4) is 0 Å². The molecule has 0 aromatic heterocycles. The molecule has 0 saturated carbocycles. The van der Waals surface area contributed by atoms with E-state index in [4.69, 9.17) is 11.6 Å². The van der Waals surface area contributed by atoms with Gasteiger partial charge >= 0.3 is 6.03 Å². The summed E-state index contributed by atoms with van der Waals surface area (Å²) >= 11 is 6.19. The molecule has 1 N–H and O–H groups in total. The first kappa shape index (κ1) is 17.4. The quantitative estimate of drug-likeness (QED) is 0.830. The summed E-state index contributed by atoms with van der Waals surface area (Å²) in [4.78, 5) is 49.9. The number of likely N-dealkylation sites (tertiary alicyclic amines) is 1. The fraction of sp³-hybridized carbons (Fsp3) is 0.412. The number of anilines is 1. The maximum Gasteiger partial charge on any atom is 0.328 e. The number of benzene rings is 1. The number of aldehydes is 1. The topological polar surface area (TPSA) is 86.8 Å². The van der Waals surface area contributed by atoms with Gasteiger partial charge in [0.05, 0.1) is 10.7 Å². The van der Waals surface area contributed by atoms with Gasteiger partial charge in [-0.15, -0.1) is 0 Å². The van der Waals surface area contributed by atoms with Crippen LogP contribution in [0, 0.1) is 5.92 Å². The highest BCUT2D eigenvalue weighted by Gasteiger charge is 2.28.